The number of nitrogens with one attached hydrogen (secondary N) is 1. The van der Waals surface area contributed by atoms with Crippen molar-refractivity contribution in [2.75, 3.05) is 39.3 Å². The van der Waals surface area contributed by atoms with Gasteiger partial charge in [-0.3, -0.25) is 19.8 Å². The minimum Gasteiger partial charge on any atom is -0.346 e. The summed E-state index contributed by atoms with van der Waals surface area (Å²) in [5.74, 6) is -0.803. The number of piperazine rings is 1. The first-order valence-electron chi connectivity index (χ1n) is 8.21. The van der Waals surface area contributed by atoms with Gasteiger partial charge in [-0.1, -0.05) is 6.07 Å². The summed E-state index contributed by atoms with van der Waals surface area (Å²) in [6.45, 7) is 0.136. The van der Waals surface area contributed by atoms with E-state index < -0.39 is 33.6 Å². The summed E-state index contributed by atoms with van der Waals surface area (Å²) in [6, 6.07) is 3.57. The smallest absolute Gasteiger partial charge is 0.346 e. The fraction of sp³-hybridized carbons (Fsp3) is 0.533. The number of amides is 1. The summed E-state index contributed by atoms with van der Waals surface area (Å²) in [7, 11) is -3.98. The first-order valence-corrected chi connectivity index (χ1v) is 9.65. The number of hydrogen-bond donors (Lipinski definition) is 1. The number of benzene rings is 1. The van der Waals surface area contributed by atoms with Gasteiger partial charge >= 0.3 is 6.18 Å². The molecule has 13 heteroatoms. The normalized spacial score (nSPS) is 16.7. The monoisotopic (exact) mass is 424 g/mol. The van der Waals surface area contributed by atoms with Gasteiger partial charge in [0.1, 0.15) is 6.54 Å². The van der Waals surface area contributed by atoms with Gasteiger partial charge in [-0.2, -0.15) is 17.5 Å². The van der Waals surface area contributed by atoms with Crippen molar-refractivity contribution in [3.63, 3.8) is 0 Å². The van der Waals surface area contributed by atoms with Crippen molar-refractivity contribution in [2.24, 2.45) is 0 Å². The molecule has 1 aliphatic rings. The molecule has 28 heavy (non-hydrogen) atoms. The molecule has 0 spiro atoms. The van der Waals surface area contributed by atoms with E-state index in [1.54, 1.807) is 5.32 Å². The van der Waals surface area contributed by atoms with Crippen LogP contribution in [0.15, 0.2) is 23.1 Å². The second-order valence-electron chi connectivity index (χ2n) is 6.28. The molecule has 1 aromatic carbocycles. The Labute approximate surface area is 159 Å². The second kappa shape index (κ2) is 8.41. The predicted octanol–water partition coefficient (Wildman–Crippen LogP) is 0.888. The third kappa shape index (κ3) is 5.62. The molecule has 1 fully saturated rings. The van der Waals surface area contributed by atoms with Crippen molar-refractivity contribution in [2.45, 2.75) is 18.0 Å². The highest BCUT2D eigenvalue weighted by molar-refractivity contribution is 7.89. The number of sulfonamides is 1. The molecule has 0 radical (unpaired) electrons. The summed E-state index contributed by atoms with van der Waals surface area (Å²) in [6.07, 6.45) is -4.50. The van der Waals surface area contributed by atoms with Gasteiger partial charge in [0, 0.05) is 38.3 Å². The third-order valence-corrected chi connectivity index (χ3v) is 6.23. The average molecular weight is 424 g/mol. The average Bonchev–Trinajstić information content (AvgIpc) is 2.60. The van der Waals surface area contributed by atoms with Crippen LogP contribution >= 0.6 is 0 Å². The molecule has 0 aliphatic carbocycles. The maximum absolute atomic E-state index is 12.8. The van der Waals surface area contributed by atoms with Crippen LogP contribution in [0.2, 0.25) is 0 Å². The Morgan fingerprint density at radius 3 is 2.39 bits per heavy atom. The third-order valence-electron chi connectivity index (χ3n) is 4.18. The maximum atomic E-state index is 12.8. The number of nitro groups is 1. The van der Waals surface area contributed by atoms with E-state index in [9.17, 15) is 36.5 Å². The molecule has 1 aliphatic heterocycles. The molecule has 0 aromatic heterocycles. The molecule has 1 N–H and O–H groups in total. The van der Waals surface area contributed by atoms with Crippen molar-refractivity contribution < 1.29 is 31.3 Å². The SMILES string of the molecule is Cc1ccc([N+](=O)[O-])cc1S(=O)(=O)N1CCN(CC(=O)NCC(F)(F)F)CC1. The van der Waals surface area contributed by atoms with E-state index in [2.05, 4.69) is 0 Å². The lowest BCUT2D eigenvalue weighted by Crippen LogP contribution is -2.51. The Kier molecular flexibility index (Phi) is 6.62. The van der Waals surface area contributed by atoms with Crippen molar-refractivity contribution >= 4 is 21.6 Å². The maximum Gasteiger partial charge on any atom is 0.405 e. The first kappa shape index (κ1) is 22.0. The lowest BCUT2D eigenvalue weighted by molar-refractivity contribution is -0.385. The van der Waals surface area contributed by atoms with Crippen LogP contribution in [0.1, 0.15) is 5.56 Å². The molecule has 1 saturated heterocycles. The molecule has 0 unspecified atom stereocenters. The molecule has 1 heterocycles. The van der Waals surface area contributed by atoms with E-state index in [0.29, 0.717) is 5.56 Å². The second-order valence-corrected chi connectivity index (χ2v) is 8.19. The van der Waals surface area contributed by atoms with Gasteiger partial charge in [0.25, 0.3) is 5.69 Å². The molecule has 156 valence electrons. The Hall–Kier alpha value is -2.25. The van der Waals surface area contributed by atoms with E-state index >= 15 is 0 Å². The van der Waals surface area contributed by atoms with Gasteiger partial charge < -0.3 is 5.32 Å². The number of carbonyl (C=O) groups is 1. The summed E-state index contributed by atoms with van der Waals surface area (Å²) in [5, 5.41) is 12.7. The fourth-order valence-corrected chi connectivity index (χ4v) is 4.37. The highest BCUT2D eigenvalue weighted by atomic mass is 32.2. The molecule has 1 amide bonds. The molecule has 9 nitrogen and oxygen atoms in total. The van der Waals surface area contributed by atoms with Crippen LogP contribution in [0.5, 0.6) is 0 Å². The number of nitro benzene ring substituents is 1. The number of non-ortho nitro benzene ring substituents is 1. The quantitative estimate of drug-likeness (QED) is 0.536. The van der Waals surface area contributed by atoms with Crippen LogP contribution in [0.3, 0.4) is 0 Å². The molecular formula is C15H19F3N4O5S. The highest BCUT2D eigenvalue weighted by Crippen LogP contribution is 2.25. The number of carbonyl (C=O) groups excluding carboxylic acids is 1. The zero-order valence-corrected chi connectivity index (χ0v) is 15.7. The number of nitrogens with zero attached hydrogens (tertiary/aromatic N) is 3. The van der Waals surface area contributed by atoms with Crippen LogP contribution in [0.4, 0.5) is 18.9 Å². The molecular weight excluding hydrogens is 405 g/mol. The van der Waals surface area contributed by atoms with Gasteiger partial charge in [-0.05, 0) is 12.5 Å². The molecule has 2 rings (SSSR count). The van der Waals surface area contributed by atoms with Gasteiger partial charge in [-0.25, -0.2) is 8.42 Å². The van der Waals surface area contributed by atoms with Gasteiger partial charge in [0.2, 0.25) is 15.9 Å². The minimum atomic E-state index is -4.50. The summed E-state index contributed by atoms with van der Waals surface area (Å²) >= 11 is 0. The van der Waals surface area contributed by atoms with Gasteiger partial charge in [-0.15, -0.1) is 0 Å². The van der Waals surface area contributed by atoms with Crippen LogP contribution in [-0.4, -0.2) is 73.9 Å². The van der Waals surface area contributed by atoms with Crippen LogP contribution in [0, 0.1) is 17.0 Å². The Morgan fingerprint density at radius 1 is 1.25 bits per heavy atom. The summed E-state index contributed by atoms with van der Waals surface area (Å²) in [5.41, 5.74) is 0.0173. The van der Waals surface area contributed by atoms with Gasteiger partial charge in [0.05, 0.1) is 16.4 Å². The molecule has 0 saturated carbocycles. The number of aryl methyl sites for hydroxylation is 1. The minimum absolute atomic E-state index is 0.0109. The predicted molar refractivity (Wildman–Crippen MR) is 92.1 cm³/mol. The van der Waals surface area contributed by atoms with Crippen LogP contribution < -0.4 is 5.32 Å². The number of halogens is 3. The lowest BCUT2D eigenvalue weighted by atomic mass is 10.2. The van der Waals surface area contributed by atoms with E-state index in [-0.39, 0.29) is 43.3 Å². The van der Waals surface area contributed by atoms with Crippen LogP contribution in [-0.2, 0) is 14.8 Å². The van der Waals surface area contributed by atoms with Crippen molar-refractivity contribution in [3.8, 4) is 0 Å². The highest BCUT2D eigenvalue weighted by Gasteiger charge is 2.32. The van der Waals surface area contributed by atoms with Gasteiger partial charge in [0.15, 0.2) is 0 Å². The summed E-state index contributed by atoms with van der Waals surface area (Å²) < 4.78 is 63.1. The standard InChI is InChI=1S/C15H19F3N4O5S/c1-11-2-3-12(22(24)25)8-13(11)28(26,27)21-6-4-20(5-7-21)9-14(23)19-10-15(16,17)18/h2-3,8H,4-7,9-10H2,1H3,(H,19,23). The molecule has 0 bridgehead atoms. The number of rotatable bonds is 6. The van der Waals surface area contributed by atoms with E-state index in [0.717, 1.165) is 10.4 Å². The number of alkyl halides is 3. The van der Waals surface area contributed by atoms with E-state index in [4.69, 9.17) is 0 Å². The Morgan fingerprint density at radius 2 is 1.86 bits per heavy atom. The van der Waals surface area contributed by atoms with E-state index in [1.807, 2.05) is 0 Å². The lowest BCUT2D eigenvalue weighted by Gasteiger charge is -2.33. The molecule has 0 atom stereocenters. The fourth-order valence-electron chi connectivity index (χ4n) is 2.71. The number of hydrogen-bond acceptors (Lipinski definition) is 6. The summed E-state index contributed by atoms with van der Waals surface area (Å²) in [4.78, 5) is 23.2. The largest absolute Gasteiger partial charge is 0.405 e. The Bertz CT molecular complexity index is 852. The van der Waals surface area contributed by atoms with E-state index in [1.165, 1.54) is 24.0 Å². The van der Waals surface area contributed by atoms with Crippen molar-refractivity contribution in [1.29, 1.82) is 0 Å². The topological polar surface area (TPSA) is 113 Å². The first-order chi connectivity index (χ1) is 12.9. The van der Waals surface area contributed by atoms with Crippen molar-refractivity contribution in [1.82, 2.24) is 14.5 Å². The zero-order chi connectivity index (χ0) is 21.1. The van der Waals surface area contributed by atoms with Crippen LogP contribution in [0.25, 0.3) is 0 Å². The Balaban J connectivity index is 2.00. The zero-order valence-electron chi connectivity index (χ0n) is 14.9. The van der Waals surface area contributed by atoms with Crippen molar-refractivity contribution in [3.05, 3.63) is 33.9 Å². The molecule has 1 aromatic rings.